The van der Waals surface area contributed by atoms with Gasteiger partial charge in [-0.3, -0.25) is 0 Å². The SMILES string of the molecule is COc1cc(C2OCC3C(c4cc(OC)c(OC5OC(COC6OC(CO)C(O)C(O)C6O)C(O)C(O)C5O)c(OC)c4)OCC23)cc(OC)c1O. The first-order valence-electron chi connectivity index (χ1n) is 16.7. The van der Waals surface area contributed by atoms with E-state index < -0.39 is 80.7 Å². The molecule has 0 saturated carbocycles. The minimum atomic E-state index is -1.77. The summed E-state index contributed by atoms with van der Waals surface area (Å²) in [6, 6.07) is 6.79. The molecule has 0 radical (unpaired) electrons. The van der Waals surface area contributed by atoms with Crippen LogP contribution in [0, 0.1) is 11.8 Å². The zero-order valence-electron chi connectivity index (χ0n) is 28.9. The standard InChI is InChI=1S/C34H46O18/c1-43-17-5-13(6-18(44-2)23(17)36)30-15-10-48-31(16(15)11-47-30)14-7-19(45-3)32(20(8-14)46-4)52-34-29(42)27(40)25(38)22(51-34)12-49-33-28(41)26(39)24(37)21(9-35)50-33/h5-8,15-16,21-22,24-31,33-42H,9-12H2,1-4H3. The van der Waals surface area contributed by atoms with Gasteiger partial charge in [-0.2, -0.15) is 0 Å². The van der Waals surface area contributed by atoms with Crippen molar-refractivity contribution in [1.29, 1.82) is 0 Å². The lowest BCUT2D eigenvalue weighted by molar-refractivity contribution is -0.323. The van der Waals surface area contributed by atoms with E-state index in [-0.39, 0.29) is 52.4 Å². The Kier molecular flexibility index (Phi) is 11.8. The van der Waals surface area contributed by atoms with E-state index in [1.54, 1.807) is 24.3 Å². The minimum absolute atomic E-state index is 0.00775. The molecule has 4 fully saturated rings. The summed E-state index contributed by atoms with van der Waals surface area (Å²) in [5.74, 6) is 0.616. The van der Waals surface area contributed by atoms with E-state index in [4.69, 9.17) is 47.4 Å². The molecule has 290 valence electrons. The van der Waals surface area contributed by atoms with Crippen molar-refractivity contribution in [2.24, 2.45) is 11.8 Å². The Labute approximate surface area is 298 Å². The highest BCUT2D eigenvalue weighted by molar-refractivity contribution is 5.55. The average Bonchev–Trinajstić information content (AvgIpc) is 3.77. The average molecular weight is 743 g/mol. The van der Waals surface area contributed by atoms with Crippen molar-refractivity contribution < 1.29 is 88.2 Å². The third-order valence-corrected chi connectivity index (χ3v) is 10.1. The molecule has 0 aliphatic carbocycles. The monoisotopic (exact) mass is 742 g/mol. The molecule has 2 aromatic rings. The van der Waals surface area contributed by atoms with Crippen LogP contribution >= 0.6 is 0 Å². The molecule has 14 atom stereocenters. The van der Waals surface area contributed by atoms with E-state index in [1.165, 1.54) is 28.4 Å². The summed E-state index contributed by atoms with van der Waals surface area (Å²) < 4.78 is 57.2. The maximum Gasteiger partial charge on any atom is 0.229 e. The lowest BCUT2D eigenvalue weighted by Gasteiger charge is -2.42. The molecule has 18 heteroatoms. The highest BCUT2D eigenvalue weighted by Crippen LogP contribution is 2.53. The molecule has 6 rings (SSSR count). The highest BCUT2D eigenvalue weighted by atomic mass is 16.7. The Hall–Kier alpha value is -3.24. The number of hydrogen-bond acceptors (Lipinski definition) is 18. The lowest BCUT2D eigenvalue weighted by Crippen LogP contribution is -2.62. The van der Waals surface area contributed by atoms with E-state index in [0.717, 1.165) is 5.56 Å². The Morgan fingerprint density at radius 2 is 1.04 bits per heavy atom. The number of methoxy groups -OCH3 is 4. The van der Waals surface area contributed by atoms with Gasteiger partial charge in [-0.25, -0.2) is 0 Å². The molecule has 0 amide bonds. The van der Waals surface area contributed by atoms with Gasteiger partial charge < -0.3 is 88.2 Å². The molecular weight excluding hydrogens is 696 g/mol. The van der Waals surface area contributed by atoms with Gasteiger partial charge in [-0.1, -0.05) is 0 Å². The van der Waals surface area contributed by atoms with Crippen LogP contribution in [0.1, 0.15) is 23.3 Å². The van der Waals surface area contributed by atoms with Gasteiger partial charge in [0.15, 0.2) is 29.3 Å². The number of aromatic hydroxyl groups is 1. The molecule has 4 saturated heterocycles. The third kappa shape index (κ3) is 7.06. The number of benzene rings is 2. The summed E-state index contributed by atoms with van der Waals surface area (Å²) in [6.07, 6.45) is -16.7. The molecule has 2 aromatic carbocycles. The predicted octanol–water partition coefficient (Wildman–Crippen LogP) is -1.50. The fourth-order valence-electron chi connectivity index (χ4n) is 7.16. The summed E-state index contributed by atoms with van der Waals surface area (Å²) in [7, 11) is 5.70. The number of aliphatic hydroxyl groups excluding tert-OH is 7. The quantitative estimate of drug-likeness (QED) is 0.123. The zero-order valence-corrected chi connectivity index (χ0v) is 28.9. The van der Waals surface area contributed by atoms with Gasteiger partial charge in [-0.05, 0) is 35.4 Å². The van der Waals surface area contributed by atoms with Gasteiger partial charge in [0.05, 0.1) is 67.1 Å². The number of hydrogen-bond donors (Lipinski definition) is 8. The molecule has 14 unspecified atom stereocenters. The minimum Gasteiger partial charge on any atom is -0.502 e. The van der Waals surface area contributed by atoms with E-state index in [0.29, 0.717) is 18.8 Å². The topological polar surface area (TPSA) is 254 Å². The zero-order chi connectivity index (χ0) is 37.4. The second kappa shape index (κ2) is 16.0. The Bertz CT molecular complexity index is 1470. The van der Waals surface area contributed by atoms with Crippen molar-refractivity contribution in [1.82, 2.24) is 0 Å². The van der Waals surface area contributed by atoms with Crippen molar-refractivity contribution in [3.05, 3.63) is 35.4 Å². The van der Waals surface area contributed by atoms with Crippen LogP contribution in [0.15, 0.2) is 24.3 Å². The molecular formula is C34H46O18. The van der Waals surface area contributed by atoms with Crippen LogP contribution in [0.2, 0.25) is 0 Å². The Balaban J connectivity index is 1.18. The van der Waals surface area contributed by atoms with Crippen LogP contribution < -0.4 is 23.7 Å². The molecule has 4 aliphatic heterocycles. The number of phenolic OH excluding ortho intramolecular Hbond substituents is 1. The second-order valence-corrected chi connectivity index (χ2v) is 13.0. The smallest absolute Gasteiger partial charge is 0.229 e. The summed E-state index contributed by atoms with van der Waals surface area (Å²) in [5.41, 5.74) is 1.45. The van der Waals surface area contributed by atoms with Crippen LogP contribution in [0.25, 0.3) is 0 Å². The number of aliphatic hydroxyl groups is 7. The van der Waals surface area contributed by atoms with Gasteiger partial charge >= 0.3 is 0 Å². The Morgan fingerprint density at radius 3 is 1.52 bits per heavy atom. The predicted molar refractivity (Wildman–Crippen MR) is 172 cm³/mol. The van der Waals surface area contributed by atoms with Gasteiger partial charge in [0.1, 0.15) is 48.8 Å². The van der Waals surface area contributed by atoms with Crippen molar-refractivity contribution >= 4 is 0 Å². The van der Waals surface area contributed by atoms with Crippen LogP contribution in [-0.4, -0.2) is 157 Å². The van der Waals surface area contributed by atoms with Crippen molar-refractivity contribution in [3.8, 4) is 34.5 Å². The molecule has 18 nitrogen and oxygen atoms in total. The van der Waals surface area contributed by atoms with Gasteiger partial charge in [0, 0.05) is 11.8 Å². The van der Waals surface area contributed by atoms with E-state index >= 15 is 0 Å². The van der Waals surface area contributed by atoms with Crippen LogP contribution in [-0.2, 0) is 23.7 Å². The van der Waals surface area contributed by atoms with Gasteiger partial charge in [0.25, 0.3) is 0 Å². The highest BCUT2D eigenvalue weighted by Gasteiger charge is 2.50. The first kappa shape index (κ1) is 38.5. The summed E-state index contributed by atoms with van der Waals surface area (Å²) in [5, 5.41) is 82.5. The number of phenols is 1. The van der Waals surface area contributed by atoms with Crippen molar-refractivity contribution in [2.45, 2.75) is 73.6 Å². The molecule has 0 spiro atoms. The number of rotatable bonds is 12. The molecule has 0 bridgehead atoms. The molecule has 52 heavy (non-hydrogen) atoms. The molecule has 8 N–H and O–H groups in total. The maximum absolute atomic E-state index is 10.8. The van der Waals surface area contributed by atoms with Crippen LogP contribution in [0.3, 0.4) is 0 Å². The summed E-state index contributed by atoms with van der Waals surface area (Å²) in [4.78, 5) is 0. The maximum atomic E-state index is 10.8. The largest absolute Gasteiger partial charge is 0.502 e. The van der Waals surface area contributed by atoms with Gasteiger partial charge in [-0.15, -0.1) is 0 Å². The van der Waals surface area contributed by atoms with Crippen LogP contribution in [0.4, 0.5) is 0 Å². The van der Waals surface area contributed by atoms with E-state index in [2.05, 4.69) is 0 Å². The fraction of sp³-hybridized carbons (Fsp3) is 0.647. The lowest BCUT2D eigenvalue weighted by atomic mass is 9.84. The van der Waals surface area contributed by atoms with Crippen molar-refractivity contribution in [2.75, 3.05) is 54.9 Å². The van der Waals surface area contributed by atoms with E-state index in [1.807, 2.05) is 0 Å². The van der Waals surface area contributed by atoms with Crippen molar-refractivity contribution in [3.63, 3.8) is 0 Å². The first-order valence-corrected chi connectivity index (χ1v) is 16.7. The van der Waals surface area contributed by atoms with E-state index in [9.17, 15) is 40.9 Å². The first-order chi connectivity index (χ1) is 24.9. The number of fused-ring (bicyclic) bond motifs is 1. The number of ether oxygens (including phenoxy) is 10. The third-order valence-electron chi connectivity index (χ3n) is 10.1. The summed E-state index contributed by atoms with van der Waals surface area (Å²) in [6.45, 7) is -0.480. The summed E-state index contributed by atoms with van der Waals surface area (Å²) >= 11 is 0. The fourth-order valence-corrected chi connectivity index (χ4v) is 7.16. The van der Waals surface area contributed by atoms with Gasteiger partial charge in [0.2, 0.25) is 17.8 Å². The normalized spacial score (nSPS) is 37.4. The molecule has 4 aliphatic rings. The Morgan fingerprint density at radius 1 is 0.596 bits per heavy atom. The second-order valence-electron chi connectivity index (χ2n) is 13.0. The molecule has 0 aromatic heterocycles. The van der Waals surface area contributed by atoms with Crippen LogP contribution in [0.5, 0.6) is 34.5 Å². The molecule has 4 heterocycles.